The van der Waals surface area contributed by atoms with Crippen molar-refractivity contribution < 1.29 is 9.84 Å². The van der Waals surface area contributed by atoms with Crippen molar-refractivity contribution in [2.75, 3.05) is 24.3 Å². The third-order valence-corrected chi connectivity index (χ3v) is 3.25. The lowest BCUT2D eigenvalue weighted by Crippen LogP contribution is -2.36. The first-order valence-electron chi connectivity index (χ1n) is 6.78. The zero-order valence-electron chi connectivity index (χ0n) is 12.2. The van der Waals surface area contributed by atoms with Gasteiger partial charge in [-0.15, -0.1) is 0 Å². The molecule has 1 aromatic heterocycles. The molecule has 0 radical (unpaired) electrons. The van der Waals surface area contributed by atoms with E-state index in [1.54, 1.807) is 0 Å². The number of rotatable bonds is 6. The Kier molecular flexibility index (Phi) is 4.59. The second-order valence-electron chi connectivity index (χ2n) is 4.86. The monoisotopic (exact) mass is 288 g/mol. The van der Waals surface area contributed by atoms with Crippen LogP contribution < -0.4 is 15.8 Å². The number of aliphatic hydroxyl groups is 1. The first kappa shape index (κ1) is 15.1. The van der Waals surface area contributed by atoms with Crippen molar-refractivity contribution >= 4 is 11.5 Å². The number of hydrogen-bond acceptors (Lipinski definition) is 6. The van der Waals surface area contributed by atoms with E-state index in [2.05, 4.69) is 15.3 Å². The molecule has 6 nitrogen and oxygen atoms in total. The van der Waals surface area contributed by atoms with Gasteiger partial charge in [0.2, 0.25) is 5.88 Å². The molecular formula is C15H20N4O2. The number of nitrogens with two attached hydrogens (primary N) is 1. The Morgan fingerprint density at radius 1 is 1.29 bits per heavy atom. The van der Waals surface area contributed by atoms with Crippen molar-refractivity contribution in [3.63, 3.8) is 0 Å². The molecule has 2 rings (SSSR count). The molecule has 6 heteroatoms. The number of aromatic nitrogens is 2. The molecular weight excluding hydrogens is 268 g/mol. The van der Waals surface area contributed by atoms with E-state index in [4.69, 9.17) is 10.5 Å². The first-order chi connectivity index (χ1) is 10.1. The smallest absolute Gasteiger partial charge is 0.242 e. The molecule has 0 aliphatic rings. The fourth-order valence-corrected chi connectivity index (χ4v) is 2.00. The molecule has 0 fully saturated rings. The van der Waals surface area contributed by atoms with Crippen LogP contribution in [0.5, 0.6) is 5.88 Å². The van der Waals surface area contributed by atoms with E-state index in [1.807, 2.05) is 44.2 Å². The molecule has 0 aliphatic carbocycles. The lowest BCUT2D eigenvalue weighted by molar-refractivity contribution is 0.223. The number of benzene rings is 1. The molecule has 0 amide bonds. The average Bonchev–Trinajstić information content (AvgIpc) is 2.52. The predicted molar refractivity (Wildman–Crippen MR) is 82.1 cm³/mol. The van der Waals surface area contributed by atoms with Gasteiger partial charge in [-0.25, -0.2) is 4.98 Å². The van der Waals surface area contributed by atoms with Crippen LogP contribution in [0.15, 0.2) is 36.7 Å². The van der Waals surface area contributed by atoms with Crippen LogP contribution >= 0.6 is 0 Å². The second-order valence-corrected chi connectivity index (χ2v) is 4.86. The molecule has 0 bridgehead atoms. The zero-order valence-corrected chi connectivity index (χ0v) is 12.2. The number of ether oxygens (including phenoxy) is 1. The Morgan fingerprint density at radius 2 is 2.00 bits per heavy atom. The van der Waals surface area contributed by atoms with Crippen molar-refractivity contribution in [1.82, 2.24) is 9.97 Å². The lowest BCUT2D eigenvalue weighted by atomic mass is 9.93. The molecule has 1 atom stereocenters. The summed E-state index contributed by atoms with van der Waals surface area (Å²) in [4.78, 5) is 8.14. The number of nitrogens with zero attached hydrogens (tertiary/aromatic N) is 2. The van der Waals surface area contributed by atoms with E-state index in [0.717, 1.165) is 5.56 Å². The molecule has 112 valence electrons. The van der Waals surface area contributed by atoms with Crippen LogP contribution in [0.2, 0.25) is 0 Å². The molecule has 4 N–H and O–H groups in total. The van der Waals surface area contributed by atoms with Gasteiger partial charge in [0.15, 0.2) is 5.82 Å². The summed E-state index contributed by atoms with van der Waals surface area (Å²) >= 11 is 0. The van der Waals surface area contributed by atoms with Gasteiger partial charge in [0.25, 0.3) is 0 Å². The Bertz CT molecular complexity index is 591. The highest BCUT2D eigenvalue weighted by Crippen LogP contribution is 2.30. The van der Waals surface area contributed by atoms with E-state index < -0.39 is 5.54 Å². The van der Waals surface area contributed by atoms with Crippen molar-refractivity contribution in [1.29, 1.82) is 0 Å². The Morgan fingerprint density at radius 3 is 2.62 bits per heavy atom. The van der Waals surface area contributed by atoms with Crippen molar-refractivity contribution in [2.45, 2.75) is 19.4 Å². The fraction of sp³-hybridized carbons (Fsp3) is 0.333. The Balaban J connectivity index is 2.33. The fourth-order valence-electron chi connectivity index (χ4n) is 2.00. The SMILES string of the molecule is CCOc1ncnc(NC(C)(CO)c2ccccc2)c1N. The second kappa shape index (κ2) is 6.41. The summed E-state index contributed by atoms with van der Waals surface area (Å²) in [6, 6.07) is 9.63. The van der Waals surface area contributed by atoms with Gasteiger partial charge in [-0.1, -0.05) is 30.3 Å². The molecule has 0 saturated carbocycles. The Labute approximate surface area is 124 Å². The molecule has 21 heavy (non-hydrogen) atoms. The van der Waals surface area contributed by atoms with Crippen molar-refractivity contribution in [3.8, 4) is 5.88 Å². The summed E-state index contributed by atoms with van der Waals surface area (Å²) in [6.45, 7) is 4.10. The summed E-state index contributed by atoms with van der Waals surface area (Å²) in [6.07, 6.45) is 1.38. The van der Waals surface area contributed by atoms with E-state index in [0.29, 0.717) is 24.0 Å². The molecule has 0 aliphatic heterocycles. The number of aliphatic hydroxyl groups excluding tert-OH is 1. The van der Waals surface area contributed by atoms with Crippen LogP contribution in [-0.2, 0) is 5.54 Å². The maximum Gasteiger partial charge on any atom is 0.242 e. The van der Waals surface area contributed by atoms with Gasteiger partial charge < -0.3 is 20.9 Å². The van der Waals surface area contributed by atoms with Crippen LogP contribution in [0.3, 0.4) is 0 Å². The normalized spacial score (nSPS) is 13.5. The summed E-state index contributed by atoms with van der Waals surface area (Å²) in [5.41, 5.74) is 6.58. The topological polar surface area (TPSA) is 93.3 Å². The highest BCUT2D eigenvalue weighted by atomic mass is 16.5. The van der Waals surface area contributed by atoms with Crippen LogP contribution in [0, 0.1) is 0 Å². The zero-order chi connectivity index (χ0) is 15.3. The van der Waals surface area contributed by atoms with Gasteiger partial charge >= 0.3 is 0 Å². The minimum atomic E-state index is -0.701. The summed E-state index contributed by atoms with van der Waals surface area (Å²) in [5.74, 6) is 0.775. The summed E-state index contributed by atoms with van der Waals surface area (Å²) in [7, 11) is 0. The third kappa shape index (κ3) is 3.22. The molecule has 0 saturated heterocycles. The van der Waals surface area contributed by atoms with Crippen LogP contribution in [0.1, 0.15) is 19.4 Å². The number of anilines is 2. The number of hydrogen-bond donors (Lipinski definition) is 3. The number of nitrogen functional groups attached to an aromatic ring is 1. The van der Waals surface area contributed by atoms with Gasteiger partial charge in [-0.05, 0) is 19.4 Å². The van der Waals surface area contributed by atoms with Crippen LogP contribution in [0.25, 0.3) is 0 Å². The quantitative estimate of drug-likeness (QED) is 0.750. The van der Waals surface area contributed by atoms with Crippen molar-refractivity contribution in [3.05, 3.63) is 42.2 Å². The largest absolute Gasteiger partial charge is 0.476 e. The molecule has 1 unspecified atom stereocenters. The van der Waals surface area contributed by atoms with Crippen LogP contribution in [0.4, 0.5) is 11.5 Å². The van der Waals surface area contributed by atoms with Gasteiger partial charge in [0.05, 0.1) is 18.8 Å². The molecule has 1 heterocycles. The van der Waals surface area contributed by atoms with Gasteiger partial charge in [0.1, 0.15) is 12.0 Å². The van der Waals surface area contributed by atoms with E-state index >= 15 is 0 Å². The minimum Gasteiger partial charge on any atom is -0.476 e. The summed E-state index contributed by atoms with van der Waals surface area (Å²) < 4.78 is 5.35. The average molecular weight is 288 g/mol. The van der Waals surface area contributed by atoms with Crippen LogP contribution in [-0.4, -0.2) is 28.3 Å². The maximum absolute atomic E-state index is 9.79. The highest BCUT2D eigenvalue weighted by Gasteiger charge is 2.27. The summed E-state index contributed by atoms with van der Waals surface area (Å²) in [5, 5.41) is 13.0. The first-order valence-corrected chi connectivity index (χ1v) is 6.78. The standard InChI is InChI=1S/C15H20N4O2/c1-3-21-14-12(16)13(17-10-18-14)19-15(2,9-20)11-7-5-4-6-8-11/h4-8,10,20H,3,9,16H2,1-2H3,(H,17,18,19). The van der Waals surface area contributed by atoms with Gasteiger partial charge in [0, 0.05) is 0 Å². The van der Waals surface area contributed by atoms with E-state index in [1.165, 1.54) is 6.33 Å². The molecule has 1 aromatic carbocycles. The lowest BCUT2D eigenvalue weighted by Gasteiger charge is -2.30. The molecule has 0 spiro atoms. The third-order valence-electron chi connectivity index (χ3n) is 3.25. The van der Waals surface area contributed by atoms with Crippen molar-refractivity contribution in [2.24, 2.45) is 0 Å². The molecule has 2 aromatic rings. The van der Waals surface area contributed by atoms with Gasteiger partial charge in [-0.2, -0.15) is 4.98 Å². The minimum absolute atomic E-state index is 0.107. The maximum atomic E-state index is 9.79. The Hall–Kier alpha value is -2.34. The van der Waals surface area contributed by atoms with Gasteiger partial charge in [-0.3, -0.25) is 0 Å². The predicted octanol–water partition coefficient (Wildman–Crippen LogP) is 1.78. The van der Waals surface area contributed by atoms with E-state index in [-0.39, 0.29) is 6.61 Å². The highest BCUT2D eigenvalue weighted by molar-refractivity contribution is 5.67. The van der Waals surface area contributed by atoms with E-state index in [9.17, 15) is 5.11 Å². The number of nitrogens with one attached hydrogen (secondary N) is 1.